The Labute approximate surface area is 146 Å². The molecule has 2 aromatic carbocycles. The fourth-order valence-electron chi connectivity index (χ4n) is 2.84. The quantitative estimate of drug-likeness (QED) is 0.619. The maximum Gasteiger partial charge on any atom is 0.292 e. The predicted molar refractivity (Wildman–Crippen MR) is 96.0 cm³/mol. The van der Waals surface area contributed by atoms with Gasteiger partial charge in [0.05, 0.1) is 24.2 Å². The van der Waals surface area contributed by atoms with Gasteiger partial charge in [0, 0.05) is 31.4 Å². The number of nitro benzene ring substituents is 1. The van der Waals surface area contributed by atoms with E-state index in [4.69, 9.17) is 4.74 Å². The number of nitrogens with one attached hydrogen (secondary N) is 1. The van der Waals surface area contributed by atoms with Crippen LogP contribution in [0, 0.1) is 10.1 Å². The van der Waals surface area contributed by atoms with Crippen molar-refractivity contribution in [2.75, 3.05) is 43.1 Å². The van der Waals surface area contributed by atoms with Crippen molar-refractivity contribution in [3.63, 3.8) is 0 Å². The Morgan fingerprint density at radius 2 is 1.92 bits per heavy atom. The second kappa shape index (κ2) is 7.96. The molecule has 0 aliphatic carbocycles. The molecule has 1 aliphatic rings. The molecule has 1 saturated heterocycles. The number of rotatable bonds is 6. The summed E-state index contributed by atoms with van der Waals surface area (Å²) in [6.07, 6.45) is -0.743. The number of anilines is 2. The summed E-state index contributed by atoms with van der Waals surface area (Å²) in [7, 11) is 0. The molecule has 2 aromatic rings. The van der Waals surface area contributed by atoms with Crippen molar-refractivity contribution in [1.29, 1.82) is 0 Å². The van der Waals surface area contributed by atoms with E-state index < -0.39 is 11.0 Å². The van der Waals surface area contributed by atoms with E-state index >= 15 is 0 Å². The lowest BCUT2D eigenvalue weighted by molar-refractivity contribution is -0.383. The number of aliphatic hydroxyl groups excluding tert-OH is 1. The van der Waals surface area contributed by atoms with Crippen molar-refractivity contribution in [2.24, 2.45) is 0 Å². The average Bonchev–Trinajstić information content (AvgIpc) is 2.67. The molecule has 7 nitrogen and oxygen atoms in total. The molecule has 1 aliphatic heterocycles. The fraction of sp³-hybridized carbons (Fsp3) is 0.333. The third kappa shape index (κ3) is 4.26. The van der Waals surface area contributed by atoms with Crippen molar-refractivity contribution in [3.05, 3.63) is 64.2 Å². The molecule has 0 bridgehead atoms. The molecule has 1 heterocycles. The molecule has 0 saturated carbocycles. The Kier molecular flexibility index (Phi) is 5.47. The molecule has 0 spiro atoms. The number of hydrogen-bond donors (Lipinski definition) is 2. The van der Waals surface area contributed by atoms with Crippen LogP contribution in [-0.2, 0) is 4.74 Å². The summed E-state index contributed by atoms with van der Waals surface area (Å²) < 4.78 is 5.34. The molecule has 132 valence electrons. The van der Waals surface area contributed by atoms with Gasteiger partial charge in [0.1, 0.15) is 5.69 Å². The summed E-state index contributed by atoms with van der Waals surface area (Å²) in [6.45, 7) is 2.99. The standard InChI is InChI=1S/C18H21N3O4/c22-18(14-4-2-1-3-5-14)13-19-16-12-15(6-7-17(16)21(23)24)20-8-10-25-11-9-20/h1-7,12,18-19,22H,8-11,13H2/t18-/m1/s1. The highest BCUT2D eigenvalue weighted by molar-refractivity contribution is 5.69. The Morgan fingerprint density at radius 3 is 2.60 bits per heavy atom. The summed E-state index contributed by atoms with van der Waals surface area (Å²) in [5.74, 6) is 0. The minimum atomic E-state index is -0.743. The van der Waals surface area contributed by atoms with Gasteiger partial charge >= 0.3 is 0 Å². The molecule has 0 unspecified atom stereocenters. The first-order valence-electron chi connectivity index (χ1n) is 8.23. The Bertz CT molecular complexity index is 718. The van der Waals surface area contributed by atoms with Crippen LogP contribution in [0.4, 0.5) is 17.1 Å². The average molecular weight is 343 g/mol. The van der Waals surface area contributed by atoms with E-state index in [1.807, 2.05) is 30.3 Å². The van der Waals surface area contributed by atoms with Crippen LogP contribution < -0.4 is 10.2 Å². The molecule has 1 atom stereocenters. The summed E-state index contributed by atoms with van der Waals surface area (Å²) >= 11 is 0. The van der Waals surface area contributed by atoms with Gasteiger partial charge in [0.2, 0.25) is 0 Å². The number of hydrogen-bond acceptors (Lipinski definition) is 6. The van der Waals surface area contributed by atoms with E-state index in [0.29, 0.717) is 18.9 Å². The zero-order chi connectivity index (χ0) is 17.6. The minimum Gasteiger partial charge on any atom is -0.387 e. The normalized spacial score (nSPS) is 15.6. The van der Waals surface area contributed by atoms with Crippen LogP contribution in [-0.4, -0.2) is 42.9 Å². The lowest BCUT2D eigenvalue weighted by Gasteiger charge is -2.29. The highest BCUT2D eigenvalue weighted by atomic mass is 16.6. The van der Waals surface area contributed by atoms with Crippen LogP contribution in [0.15, 0.2) is 48.5 Å². The molecule has 3 rings (SSSR count). The van der Waals surface area contributed by atoms with Crippen molar-refractivity contribution >= 4 is 17.1 Å². The lowest BCUT2D eigenvalue weighted by Crippen LogP contribution is -2.36. The first kappa shape index (κ1) is 17.2. The predicted octanol–water partition coefficient (Wildman–Crippen LogP) is 2.58. The van der Waals surface area contributed by atoms with Crippen LogP contribution in [0.5, 0.6) is 0 Å². The Morgan fingerprint density at radius 1 is 1.20 bits per heavy atom. The van der Waals surface area contributed by atoms with Crippen LogP contribution in [0.1, 0.15) is 11.7 Å². The van der Waals surface area contributed by atoms with Gasteiger partial charge in [0.15, 0.2) is 0 Å². The van der Waals surface area contributed by atoms with E-state index in [2.05, 4.69) is 10.2 Å². The maximum atomic E-state index is 11.3. The third-order valence-electron chi connectivity index (χ3n) is 4.22. The van der Waals surface area contributed by atoms with Crippen molar-refractivity contribution in [3.8, 4) is 0 Å². The van der Waals surface area contributed by atoms with Gasteiger partial charge in [-0.05, 0) is 17.7 Å². The van der Waals surface area contributed by atoms with Gasteiger partial charge < -0.3 is 20.1 Å². The van der Waals surface area contributed by atoms with Gasteiger partial charge in [-0.2, -0.15) is 0 Å². The van der Waals surface area contributed by atoms with E-state index in [9.17, 15) is 15.2 Å². The zero-order valence-corrected chi connectivity index (χ0v) is 13.8. The fourth-order valence-corrected chi connectivity index (χ4v) is 2.84. The number of morpholine rings is 1. The molecule has 7 heteroatoms. The summed E-state index contributed by atoms with van der Waals surface area (Å²) in [6, 6.07) is 14.2. The number of aliphatic hydroxyl groups is 1. The Hall–Kier alpha value is -2.64. The van der Waals surface area contributed by atoms with Crippen molar-refractivity contribution in [2.45, 2.75) is 6.10 Å². The van der Waals surface area contributed by atoms with Crippen LogP contribution >= 0.6 is 0 Å². The monoisotopic (exact) mass is 343 g/mol. The molecule has 1 fully saturated rings. The summed E-state index contributed by atoms with van der Waals surface area (Å²) in [5, 5.41) is 24.6. The number of benzene rings is 2. The van der Waals surface area contributed by atoms with E-state index in [-0.39, 0.29) is 12.2 Å². The van der Waals surface area contributed by atoms with Crippen LogP contribution in [0.2, 0.25) is 0 Å². The lowest BCUT2D eigenvalue weighted by atomic mass is 10.1. The molecular weight excluding hydrogens is 322 g/mol. The molecule has 2 N–H and O–H groups in total. The summed E-state index contributed by atoms with van der Waals surface area (Å²) in [4.78, 5) is 13.0. The highest BCUT2D eigenvalue weighted by Crippen LogP contribution is 2.30. The smallest absolute Gasteiger partial charge is 0.292 e. The summed E-state index contributed by atoms with van der Waals surface area (Å²) in [5.41, 5.74) is 2.08. The van der Waals surface area contributed by atoms with Gasteiger partial charge in [-0.3, -0.25) is 10.1 Å². The van der Waals surface area contributed by atoms with Gasteiger partial charge in [-0.15, -0.1) is 0 Å². The van der Waals surface area contributed by atoms with Gasteiger partial charge in [-0.25, -0.2) is 0 Å². The van der Waals surface area contributed by atoms with E-state index in [0.717, 1.165) is 24.3 Å². The maximum absolute atomic E-state index is 11.3. The first-order chi connectivity index (χ1) is 12.1. The largest absolute Gasteiger partial charge is 0.387 e. The molecule has 0 amide bonds. The number of nitrogens with zero attached hydrogens (tertiary/aromatic N) is 2. The Balaban J connectivity index is 1.76. The van der Waals surface area contributed by atoms with Crippen LogP contribution in [0.3, 0.4) is 0 Å². The SMILES string of the molecule is O=[N+]([O-])c1ccc(N2CCOCC2)cc1NC[C@@H](O)c1ccccc1. The highest BCUT2D eigenvalue weighted by Gasteiger charge is 2.19. The van der Waals surface area contributed by atoms with Crippen molar-refractivity contribution < 1.29 is 14.8 Å². The second-order valence-electron chi connectivity index (χ2n) is 5.87. The molecular formula is C18H21N3O4. The van der Waals surface area contributed by atoms with Gasteiger partial charge in [0.25, 0.3) is 5.69 Å². The van der Waals surface area contributed by atoms with Crippen LogP contribution in [0.25, 0.3) is 0 Å². The number of ether oxygens (including phenoxy) is 1. The molecule has 25 heavy (non-hydrogen) atoms. The molecule has 0 aromatic heterocycles. The number of nitro groups is 1. The van der Waals surface area contributed by atoms with Crippen molar-refractivity contribution in [1.82, 2.24) is 0 Å². The zero-order valence-electron chi connectivity index (χ0n) is 13.8. The third-order valence-corrected chi connectivity index (χ3v) is 4.22. The first-order valence-corrected chi connectivity index (χ1v) is 8.23. The topological polar surface area (TPSA) is 87.9 Å². The van der Waals surface area contributed by atoms with Gasteiger partial charge in [-0.1, -0.05) is 30.3 Å². The second-order valence-corrected chi connectivity index (χ2v) is 5.87. The molecule has 0 radical (unpaired) electrons. The van der Waals surface area contributed by atoms with E-state index in [1.54, 1.807) is 12.1 Å². The van der Waals surface area contributed by atoms with E-state index in [1.165, 1.54) is 6.07 Å². The minimum absolute atomic E-state index is 0.00253.